The van der Waals surface area contributed by atoms with Crippen molar-refractivity contribution in [2.75, 3.05) is 0 Å². The summed E-state index contributed by atoms with van der Waals surface area (Å²) in [6.45, 7) is 17.7. The van der Waals surface area contributed by atoms with Crippen LogP contribution in [0.15, 0.2) is 64.9 Å². The second kappa shape index (κ2) is 7.61. The van der Waals surface area contributed by atoms with Gasteiger partial charge in [-0.25, -0.2) is 0 Å². The zero-order valence-corrected chi connectivity index (χ0v) is 11.7. The monoisotopic (exact) mass is 229 g/mol. The molecule has 0 aromatic carbocycles. The molecule has 92 valence electrons. The first-order valence-electron chi connectivity index (χ1n) is 5.78. The van der Waals surface area contributed by atoms with E-state index < -0.39 is 0 Å². The summed E-state index contributed by atoms with van der Waals surface area (Å²) in [5.41, 5.74) is 5.27. The summed E-state index contributed by atoms with van der Waals surface area (Å²) in [7, 11) is 0. The molecule has 0 aliphatic rings. The van der Waals surface area contributed by atoms with Crippen LogP contribution in [0.25, 0.3) is 0 Å². The van der Waals surface area contributed by atoms with Gasteiger partial charge in [-0.2, -0.15) is 0 Å². The van der Waals surface area contributed by atoms with E-state index in [-0.39, 0.29) is 0 Å². The molecule has 0 saturated heterocycles. The highest BCUT2D eigenvalue weighted by Gasteiger charge is 2.00. The lowest BCUT2D eigenvalue weighted by molar-refractivity contribution is 1.19. The standard InChI is InChI=1S/C16H23N/c1-8-10-16(11-9-2)15(7)17-14(6)13(5)12(3)4/h8-11H,1,3H2,2,4-7H3/b11-9-,14-13+,16-10+,17-15-. The second-order valence-electron chi connectivity index (χ2n) is 4.05. The summed E-state index contributed by atoms with van der Waals surface area (Å²) in [4.78, 5) is 4.60. The van der Waals surface area contributed by atoms with Crippen molar-refractivity contribution in [3.63, 3.8) is 0 Å². The van der Waals surface area contributed by atoms with Gasteiger partial charge in [-0.3, -0.25) is 4.99 Å². The van der Waals surface area contributed by atoms with Crippen LogP contribution in [-0.2, 0) is 0 Å². The Bertz CT molecular complexity index is 415. The molecule has 0 fully saturated rings. The Kier molecular flexibility index (Phi) is 6.88. The van der Waals surface area contributed by atoms with E-state index in [0.29, 0.717) is 0 Å². The molecule has 0 amide bonds. The van der Waals surface area contributed by atoms with E-state index in [1.165, 1.54) is 0 Å². The van der Waals surface area contributed by atoms with E-state index in [2.05, 4.69) is 18.2 Å². The molecule has 0 unspecified atom stereocenters. The largest absolute Gasteiger partial charge is 0.258 e. The maximum Gasteiger partial charge on any atom is 0.0448 e. The van der Waals surface area contributed by atoms with Crippen LogP contribution in [0.5, 0.6) is 0 Å². The molecule has 0 atom stereocenters. The average molecular weight is 229 g/mol. The average Bonchev–Trinajstić information content (AvgIpc) is 2.27. The van der Waals surface area contributed by atoms with Crippen molar-refractivity contribution in [2.45, 2.75) is 34.6 Å². The molecular weight excluding hydrogens is 206 g/mol. The zero-order valence-electron chi connectivity index (χ0n) is 11.7. The summed E-state index contributed by atoms with van der Waals surface area (Å²) in [6, 6.07) is 0. The molecule has 0 spiro atoms. The highest BCUT2D eigenvalue weighted by molar-refractivity contribution is 6.01. The van der Waals surface area contributed by atoms with Gasteiger partial charge in [0.15, 0.2) is 0 Å². The molecule has 0 bridgehead atoms. The quantitative estimate of drug-likeness (QED) is 0.464. The maximum absolute atomic E-state index is 4.60. The molecular formula is C16H23N. The number of hydrogen-bond acceptors (Lipinski definition) is 1. The van der Waals surface area contributed by atoms with Crippen molar-refractivity contribution in [3.05, 3.63) is 59.9 Å². The lowest BCUT2D eigenvalue weighted by Gasteiger charge is -2.05. The topological polar surface area (TPSA) is 12.4 Å². The Hall–Kier alpha value is -1.63. The minimum Gasteiger partial charge on any atom is -0.258 e. The fourth-order valence-electron chi connectivity index (χ4n) is 1.31. The number of rotatable bonds is 5. The summed E-state index contributed by atoms with van der Waals surface area (Å²) < 4.78 is 0. The Labute approximate surface area is 106 Å². The fraction of sp³-hybridized carbons (Fsp3) is 0.312. The van der Waals surface area contributed by atoms with Gasteiger partial charge < -0.3 is 0 Å². The van der Waals surface area contributed by atoms with Crippen molar-refractivity contribution in [1.29, 1.82) is 0 Å². The third kappa shape index (κ3) is 5.30. The van der Waals surface area contributed by atoms with E-state index >= 15 is 0 Å². The number of allylic oxidation sites excluding steroid dienone is 8. The van der Waals surface area contributed by atoms with Crippen LogP contribution in [0.4, 0.5) is 0 Å². The van der Waals surface area contributed by atoms with Gasteiger partial charge in [0.1, 0.15) is 0 Å². The van der Waals surface area contributed by atoms with Crippen LogP contribution in [0.2, 0.25) is 0 Å². The van der Waals surface area contributed by atoms with Crippen molar-refractivity contribution < 1.29 is 0 Å². The highest BCUT2D eigenvalue weighted by Crippen LogP contribution is 2.14. The summed E-state index contributed by atoms with van der Waals surface area (Å²) in [5.74, 6) is 0. The van der Waals surface area contributed by atoms with E-state index in [1.54, 1.807) is 6.08 Å². The van der Waals surface area contributed by atoms with E-state index in [4.69, 9.17) is 0 Å². The molecule has 17 heavy (non-hydrogen) atoms. The molecule has 0 aliphatic heterocycles. The van der Waals surface area contributed by atoms with Crippen molar-refractivity contribution in [2.24, 2.45) is 4.99 Å². The fourth-order valence-corrected chi connectivity index (χ4v) is 1.31. The van der Waals surface area contributed by atoms with Gasteiger partial charge >= 0.3 is 0 Å². The SMILES string of the molecule is C=C/C=C(\C=C/C)C(/C)=N\C(C)=C(/C)C(=C)C. The first-order chi connectivity index (χ1) is 7.93. The van der Waals surface area contributed by atoms with Crippen LogP contribution >= 0.6 is 0 Å². The van der Waals surface area contributed by atoms with Crippen molar-refractivity contribution >= 4 is 5.71 Å². The lowest BCUT2D eigenvalue weighted by atomic mass is 10.1. The molecule has 0 aromatic rings. The zero-order chi connectivity index (χ0) is 13.4. The second-order valence-corrected chi connectivity index (χ2v) is 4.05. The van der Waals surface area contributed by atoms with Crippen molar-refractivity contribution in [3.8, 4) is 0 Å². The van der Waals surface area contributed by atoms with Crippen LogP contribution < -0.4 is 0 Å². The highest BCUT2D eigenvalue weighted by atomic mass is 14.7. The predicted molar refractivity (Wildman–Crippen MR) is 79.4 cm³/mol. The van der Waals surface area contributed by atoms with Gasteiger partial charge in [-0.15, -0.1) is 0 Å². The van der Waals surface area contributed by atoms with Gasteiger partial charge in [-0.1, -0.05) is 43.0 Å². The smallest absolute Gasteiger partial charge is 0.0448 e. The van der Waals surface area contributed by atoms with Crippen LogP contribution in [-0.4, -0.2) is 5.71 Å². The van der Waals surface area contributed by atoms with Crippen LogP contribution in [0, 0.1) is 0 Å². The lowest BCUT2D eigenvalue weighted by Crippen LogP contribution is -1.96. The molecule has 0 N–H and O–H groups in total. The van der Waals surface area contributed by atoms with Gasteiger partial charge in [0.2, 0.25) is 0 Å². The Morgan fingerprint density at radius 3 is 2.12 bits per heavy atom. The number of hydrogen-bond donors (Lipinski definition) is 0. The molecule has 1 heteroatoms. The Morgan fingerprint density at radius 1 is 1.12 bits per heavy atom. The first kappa shape index (κ1) is 15.4. The van der Waals surface area contributed by atoms with E-state index in [0.717, 1.165) is 28.1 Å². The molecule has 0 saturated carbocycles. The van der Waals surface area contributed by atoms with Gasteiger partial charge in [0, 0.05) is 11.4 Å². The normalized spacial score (nSPS) is 14.9. The van der Waals surface area contributed by atoms with E-state index in [1.807, 2.05) is 52.8 Å². The molecule has 0 rings (SSSR count). The first-order valence-corrected chi connectivity index (χ1v) is 5.78. The molecule has 1 nitrogen and oxygen atoms in total. The predicted octanol–water partition coefficient (Wildman–Crippen LogP) is 5.01. The Morgan fingerprint density at radius 2 is 1.71 bits per heavy atom. The number of nitrogens with zero attached hydrogens (tertiary/aromatic N) is 1. The molecule has 0 heterocycles. The van der Waals surface area contributed by atoms with Crippen LogP contribution in [0.3, 0.4) is 0 Å². The molecule has 0 radical (unpaired) electrons. The summed E-state index contributed by atoms with van der Waals surface area (Å²) >= 11 is 0. The third-order valence-electron chi connectivity index (χ3n) is 2.58. The molecule has 0 aromatic heterocycles. The van der Waals surface area contributed by atoms with Gasteiger partial charge in [0.05, 0.1) is 0 Å². The Balaban J connectivity index is 5.35. The summed E-state index contributed by atoms with van der Waals surface area (Å²) in [6.07, 6.45) is 7.77. The van der Waals surface area contributed by atoms with Crippen LogP contribution in [0.1, 0.15) is 34.6 Å². The molecule has 0 aliphatic carbocycles. The van der Waals surface area contributed by atoms with Crippen molar-refractivity contribution in [1.82, 2.24) is 0 Å². The summed E-state index contributed by atoms with van der Waals surface area (Å²) in [5, 5.41) is 0. The minimum absolute atomic E-state index is 0.987. The van der Waals surface area contributed by atoms with E-state index in [9.17, 15) is 0 Å². The third-order valence-corrected chi connectivity index (χ3v) is 2.58. The van der Waals surface area contributed by atoms with Gasteiger partial charge in [-0.05, 0) is 45.8 Å². The maximum atomic E-state index is 4.60. The number of aliphatic imine (C=N–C) groups is 1. The van der Waals surface area contributed by atoms with Gasteiger partial charge in [0.25, 0.3) is 0 Å². The minimum atomic E-state index is 0.987.